The Morgan fingerprint density at radius 2 is 2.21 bits per heavy atom. The zero-order valence-corrected chi connectivity index (χ0v) is 8.45. The summed E-state index contributed by atoms with van der Waals surface area (Å²) in [6, 6.07) is 5.01. The zero-order valence-electron chi connectivity index (χ0n) is 8.45. The third-order valence-corrected chi connectivity index (χ3v) is 2.23. The van der Waals surface area contributed by atoms with Crippen molar-refractivity contribution in [3.05, 3.63) is 36.4 Å². The Kier molecular flexibility index (Phi) is 2.81. The average molecular weight is 193 g/mol. The van der Waals surface area contributed by atoms with Crippen LogP contribution in [0.15, 0.2) is 30.9 Å². The highest BCUT2D eigenvalue weighted by Gasteiger charge is 2.18. The van der Waals surface area contributed by atoms with Crippen LogP contribution in [0.5, 0.6) is 11.5 Å². The summed E-state index contributed by atoms with van der Waals surface area (Å²) in [4.78, 5) is 0. The molecule has 3 nitrogen and oxygen atoms in total. The van der Waals surface area contributed by atoms with E-state index in [-0.39, 0.29) is 5.75 Å². The standard InChI is InChI=1S/C11H15NO2/c1-4-11(2,12)8-5-6-9(13)10(7-8)14-3/h4-7,13H,1,12H2,2-3H3/t11-/m1/s1. The van der Waals surface area contributed by atoms with Gasteiger partial charge in [0.05, 0.1) is 12.6 Å². The van der Waals surface area contributed by atoms with Gasteiger partial charge in [0.1, 0.15) is 0 Å². The number of ether oxygens (including phenoxy) is 1. The van der Waals surface area contributed by atoms with Crippen LogP contribution in [0.4, 0.5) is 0 Å². The number of nitrogens with two attached hydrogens (primary N) is 1. The van der Waals surface area contributed by atoms with Crippen molar-refractivity contribution in [2.24, 2.45) is 5.73 Å². The van der Waals surface area contributed by atoms with E-state index in [1.165, 1.54) is 7.11 Å². The molecule has 0 saturated heterocycles. The molecule has 3 heteroatoms. The van der Waals surface area contributed by atoms with Crippen LogP contribution in [-0.2, 0) is 5.54 Å². The number of phenols is 1. The van der Waals surface area contributed by atoms with Gasteiger partial charge in [-0.05, 0) is 24.6 Å². The Balaban J connectivity index is 3.19. The van der Waals surface area contributed by atoms with E-state index in [0.29, 0.717) is 5.75 Å². The first kappa shape index (κ1) is 10.6. The topological polar surface area (TPSA) is 55.5 Å². The summed E-state index contributed by atoms with van der Waals surface area (Å²) in [5.41, 5.74) is 6.19. The van der Waals surface area contributed by atoms with Gasteiger partial charge < -0.3 is 15.6 Å². The van der Waals surface area contributed by atoms with E-state index in [1.807, 2.05) is 6.92 Å². The van der Waals surface area contributed by atoms with E-state index < -0.39 is 5.54 Å². The lowest BCUT2D eigenvalue weighted by Crippen LogP contribution is -2.29. The predicted molar refractivity (Wildman–Crippen MR) is 56.4 cm³/mol. The van der Waals surface area contributed by atoms with Crippen molar-refractivity contribution < 1.29 is 9.84 Å². The first-order valence-electron chi connectivity index (χ1n) is 4.31. The minimum Gasteiger partial charge on any atom is -0.504 e. The van der Waals surface area contributed by atoms with Gasteiger partial charge in [0.2, 0.25) is 0 Å². The van der Waals surface area contributed by atoms with E-state index in [0.717, 1.165) is 5.56 Å². The minimum atomic E-state index is -0.610. The summed E-state index contributed by atoms with van der Waals surface area (Å²) in [7, 11) is 1.50. The largest absolute Gasteiger partial charge is 0.504 e. The number of methoxy groups -OCH3 is 1. The average Bonchev–Trinajstić information content (AvgIpc) is 2.18. The van der Waals surface area contributed by atoms with E-state index in [1.54, 1.807) is 24.3 Å². The summed E-state index contributed by atoms with van der Waals surface area (Å²) < 4.78 is 4.99. The van der Waals surface area contributed by atoms with Crippen molar-refractivity contribution in [2.75, 3.05) is 7.11 Å². The molecule has 3 N–H and O–H groups in total. The molecule has 0 unspecified atom stereocenters. The van der Waals surface area contributed by atoms with E-state index >= 15 is 0 Å². The first-order chi connectivity index (χ1) is 6.51. The van der Waals surface area contributed by atoms with Gasteiger partial charge in [-0.1, -0.05) is 12.1 Å². The van der Waals surface area contributed by atoms with Crippen LogP contribution in [0.25, 0.3) is 0 Å². The van der Waals surface area contributed by atoms with Crippen LogP contribution in [0.3, 0.4) is 0 Å². The fourth-order valence-electron chi connectivity index (χ4n) is 1.13. The molecule has 0 saturated carbocycles. The molecular weight excluding hydrogens is 178 g/mol. The maximum atomic E-state index is 9.38. The molecule has 1 atom stereocenters. The fourth-order valence-corrected chi connectivity index (χ4v) is 1.13. The molecule has 0 bridgehead atoms. The number of rotatable bonds is 3. The summed E-state index contributed by atoms with van der Waals surface area (Å²) in [6.45, 7) is 5.50. The first-order valence-corrected chi connectivity index (χ1v) is 4.31. The van der Waals surface area contributed by atoms with Gasteiger partial charge in [0, 0.05) is 0 Å². The maximum absolute atomic E-state index is 9.38. The number of hydrogen-bond donors (Lipinski definition) is 2. The number of phenolic OH excluding ortho intramolecular Hbond substituents is 1. The second kappa shape index (κ2) is 3.72. The van der Waals surface area contributed by atoms with Gasteiger partial charge in [-0.25, -0.2) is 0 Å². The van der Waals surface area contributed by atoms with Gasteiger partial charge in [-0.3, -0.25) is 0 Å². The van der Waals surface area contributed by atoms with E-state index in [2.05, 4.69) is 6.58 Å². The zero-order chi connectivity index (χ0) is 10.8. The second-order valence-corrected chi connectivity index (χ2v) is 3.37. The monoisotopic (exact) mass is 193 g/mol. The Labute approximate surface area is 83.8 Å². The molecule has 0 heterocycles. The lowest BCUT2D eigenvalue weighted by molar-refractivity contribution is 0.372. The molecule has 0 aromatic heterocycles. The molecular formula is C11H15NO2. The molecule has 1 rings (SSSR count). The van der Waals surface area contributed by atoms with Crippen LogP contribution < -0.4 is 10.5 Å². The van der Waals surface area contributed by atoms with Crippen molar-refractivity contribution in [2.45, 2.75) is 12.5 Å². The lowest BCUT2D eigenvalue weighted by Gasteiger charge is -2.21. The van der Waals surface area contributed by atoms with Crippen molar-refractivity contribution in [1.82, 2.24) is 0 Å². The Morgan fingerprint density at radius 1 is 1.57 bits per heavy atom. The third kappa shape index (κ3) is 1.88. The number of benzene rings is 1. The normalized spacial score (nSPS) is 14.5. The highest BCUT2D eigenvalue weighted by atomic mass is 16.5. The molecule has 0 radical (unpaired) electrons. The highest BCUT2D eigenvalue weighted by Crippen LogP contribution is 2.30. The van der Waals surface area contributed by atoms with Crippen LogP contribution in [-0.4, -0.2) is 12.2 Å². The summed E-state index contributed by atoms with van der Waals surface area (Å²) in [5.74, 6) is 0.525. The van der Waals surface area contributed by atoms with Gasteiger partial charge in [0.15, 0.2) is 11.5 Å². The molecule has 0 aliphatic rings. The maximum Gasteiger partial charge on any atom is 0.160 e. The van der Waals surface area contributed by atoms with Gasteiger partial charge in [-0.15, -0.1) is 6.58 Å². The molecule has 1 aromatic rings. The van der Waals surface area contributed by atoms with Crippen LogP contribution in [0.2, 0.25) is 0 Å². The highest BCUT2D eigenvalue weighted by molar-refractivity contribution is 5.44. The summed E-state index contributed by atoms with van der Waals surface area (Å²) >= 11 is 0. The molecule has 76 valence electrons. The van der Waals surface area contributed by atoms with Crippen LogP contribution >= 0.6 is 0 Å². The summed E-state index contributed by atoms with van der Waals surface area (Å²) in [6.07, 6.45) is 1.65. The third-order valence-electron chi connectivity index (χ3n) is 2.23. The molecule has 0 aliphatic carbocycles. The molecule has 0 fully saturated rings. The predicted octanol–water partition coefficient (Wildman–Crippen LogP) is 1.76. The quantitative estimate of drug-likeness (QED) is 0.719. The van der Waals surface area contributed by atoms with Crippen molar-refractivity contribution in [1.29, 1.82) is 0 Å². The van der Waals surface area contributed by atoms with Crippen LogP contribution in [0, 0.1) is 0 Å². The Hall–Kier alpha value is -1.48. The lowest BCUT2D eigenvalue weighted by atomic mass is 9.93. The molecule has 14 heavy (non-hydrogen) atoms. The molecule has 0 aliphatic heterocycles. The van der Waals surface area contributed by atoms with E-state index in [9.17, 15) is 5.11 Å². The smallest absolute Gasteiger partial charge is 0.160 e. The van der Waals surface area contributed by atoms with E-state index in [4.69, 9.17) is 10.5 Å². The summed E-state index contributed by atoms with van der Waals surface area (Å²) in [5, 5.41) is 9.38. The molecule has 1 aromatic carbocycles. The van der Waals surface area contributed by atoms with Gasteiger partial charge in [0.25, 0.3) is 0 Å². The van der Waals surface area contributed by atoms with Crippen LogP contribution in [0.1, 0.15) is 12.5 Å². The Morgan fingerprint density at radius 3 is 2.71 bits per heavy atom. The van der Waals surface area contributed by atoms with Crippen molar-refractivity contribution in [3.63, 3.8) is 0 Å². The van der Waals surface area contributed by atoms with Crippen molar-refractivity contribution >= 4 is 0 Å². The van der Waals surface area contributed by atoms with Gasteiger partial charge >= 0.3 is 0 Å². The molecule has 0 spiro atoms. The van der Waals surface area contributed by atoms with Crippen molar-refractivity contribution in [3.8, 4) is 11.5 Å². The number of hydrogen-bond acceptors (Lipinski definition) is 3. The minimum absolute atomic E-state index is 0.108. The number of aromatic hydroxyl groups is 1. The fraction of sp³-hybridized carbons (Fsp3) is 0.273. The Bertz CT molecular complexity index is 345. The second-order valence-electron chi connectivity index (χ2n) is 3.37. The van der Waals surface area contributed by atoms with Gasteiger partial charge in [-0.2, -0.15) is 0 Å². The molecule has 0 amide bonds. The SMILES string of the molecule is C=C[C@@](C)(N)c1ccc(O)c(OC)c1.